The number of aromatic nitrogens is 3. The first-order valence-electron chi connectivity index (χ1n) is 6.42. The number of benzene rings is 1. The van der Waals surface area contributed by atoms with E-state index in [1.807, 2.05) is 36.4 Å². The Morgan fingerprint density at radius 1 is 1.10 bits per heavy atom. The van der Waals surface area contributed by atoms with Gasteiger partial charge in [-0.3, -0.25) is 4.98 Å². The predicted octanol–water partition coefficient (Wildman–Crippen LogP) is 4.23. The molecule has 0 N–H and O–H groups in total. The van der Waals surface area contributed by atoms with Crippen LogP contribution in [0.5, 0.6) is 0 Å². The maximum absolute atomic E-state index is 5.67. The smallest absolute Gasteiger partial charge is 0.276 e. The van der Waals surface area contributed by atoms with Crippen LogP contribution in [-0.2, 0) is 6.42 Å². The van der Waals surface area contributed by atoms with Crippen molar-refractivity contribution in [3.8, 4) is 11.5 Å². The largest absolute Gasteiger partial charge is 0.411 e. The van der Waals surface area contributed by atoms with Crippen LogP contribution < -0.4 is 0 Å². The predicted molar refractivity (Wildman–Crippen MR) is 86.1 cm³/mol. The SMILES string of the molecule is Brc1cccc(-c2nnc(SCCc3ccncc3)o2)c1. The Morgan fingerprint density at radius 2 is 1.95 bits per heavy atom. The van der Waals surface area contributed by atoms with Gasteiger partial charge in [0.15, 0.2) is 0 Å². The fraction of sp³-hybridized carbons (Fsp3) is 0.133. The van der Waals surface area contributed by atoms with E-state index in [4.69, 9.17) is 4.42 Å². The Hall–Kier alpha value is -1.66. The lowest BCUT2D eigenvalue weighted by molar-refractivity contribution is 0.466. The third kappa shape index (κ3) is 3.92. The Kier molecular flexibility index (Phi) is 4.67. The molecule has 106 valence electrons. The molecular weight excluding hydrogens is 350 g/mol. The summed E-state index contributed by atoms with van der Waals surface area (Å²) in [5.74, 6) is 1.44. The lowest BCUT2D eigenvalue weighted by atomic mass is 10.2. The first-order valence-corrected chi connectivity index (χ1v) is 8.20. The molecule has 4 nitrogen and oxygen atoms in total. The van der Waals surface area contributed by atoms with Gasteiger partial charge in [0.2, 0.25) is 5.89 Å². The summed E-state index contributed by atoms with van der Waals surface area (Å²) in [4.78, 5) is 4.00. The molecule has 0 aliphatic heterocycles. The molecule has 0 atom stereocenters. The second-order valence-electron chi connectivity index (χ2n) is 4.34. The molecule has 21 heavy (non-hydrogen) atoms. The van der Waals surface area contributed by atoms with Gasteiger partial charge in [-0.2, -0.15) is 0 Å². The normalized spacial score (nSPS) is 10.7. The van der Waals surface area contributed by atoms with Gasteiger partial charge < -0.3 is 4.42 Å². The van der Waals surface area contributed by atoms with Crippen LogP contribution in [-0.4, -0.2) is 20.9 Å². The molecule has 2 heterocycles. The van der Waals surface area contributed by atoms with Crippen molar-refractivity contribution in [3.63, 3.8) is 0 Å². The number of pyridine rings is 1. The highest BCUT2D eigenvalue weighted by Crippen LogP contribution is 2.25. The number of rotatable bonds is 5. The second-order valence-corrected chi connectivity index (χ2v) is 6.30. The van der Waals surface area contributed by atoms with E-state index in [0.29, 0.717) is 11.1 Å². The van der Waals surface area contributed by atoms with Gasteiger partial charge in [0, 0.05) is 28.2 Å². The second kappa shape index (κ2) is 6.87. The summed E-state index contributed by atoms with van der Waals surface area (Å²) >= 11 is 5.00. The van der Waals surface area contributed by atoms with Crippen molar-refractivity contribution in [2.45, 2.75) is 11.6 Å². The molecule has 3 rings (SSSR count). The van der Waals surface area contributed by atoms with Crippen LogP contribution in [0.4, 0.5) is 0 Å². The lowest BCUT2D eigenvalue weighted by Gasteiger charge is -1.98. The van der Waals surface area contributed by atoms with Crippen molar-refractivity contribution >= 4 is 27.7 Å². The van der Waals surface area contributed by atoms with Gasteiger partial charge in [0.25, 0.3) is 5.22 Å². The van der Waals surface area contributed by atoms with Gasteiger partial charge in [-0.25, -0.2) is 0 Å². The van der Waals surface area contributed by atoms with E-state index >= 15 is 0 Å². The van der Waals surface area contributed by atoms with Crippen LogP contribution in [0.3, 0.4) is 0 Å². The molecule has 0 saturated carbocycles. The van der Waals surface area contributed by atoms with Gasteiger partial charge in [-0.05, 0) is 42.3 Å². The summed E-state index contributed by atoms with van der Waals surface area (Å²) in [5.41, 5.74) is 2.17. The minimum atomic E-state index is 0.544. The molecule has 0 aliphatic rings. The zero-order valence-corrected chi connectivity index (χ0v) is 13.5. The fourth-order valence-electron chi connectivity index (χ4n) is 1.81. The molecule has 0 fully saturated rings. The van der Waals surface area contributed by atoms with Crippen LogP contribution in [0.2, 0.25) is 0 Å². The summed E-state index contributed by atoms with van der Waals surface area (Å²) in [6.45, 7) is 0. The maximum atomic E-state index is 5.67. The fourth-order valence-corrected chi connectivity index (χ4v) is 2.96. The maximum Gasteiger partial charge on any atom is 0.276 e. The zero-order chi connectivity index (χ0) is 14.5. The Morgan fingerprint density at radius 3 is 2.76 bits per heavy atom. The van der Waals surface area contributed by atoms with Crippen LogP contribution in [0.25, 0.3) is 11.5 Å². The number of nitrogens with zero attached hydrogens (tertiary/aromatic N) is 3. The molecule has 0 aliphatic carbocycles. The van der Waals surface area contributed by atoms with Crippen molar-refractivity contribution in [2.75, 3.05) is 5.75 Å². The average Bonchev–Trinajstić information content (AvgIpc) is 2.97. The van der Waals surface area contributed by atoms with Crippen molar-refractivity contribution in [2.24, 2.45) is 0 Å². The average molecular weight is 362 g/mol. The Bertz CT molecular complexity index is 718. The van der Waals surface area contributed by atoms with Gasteiger partial charge in [-0.1, -0.05) is 33.8 Å². The third-order valence-corrected chi connectivity index (χ3v) is 4.16. The molecule has 3 aromatic rings. The van der Waals surface area contributed by atoms with E-state index in [0.717, 1.165) is 22.2 Å². The number of hydrogen-bond donors (Lipinski definition) is 0. The Labute approximate surface area is 135 Å². The van der Waals surface area contributed by atoms with Gasteiger partial charge >= 0.3 is 0 Å². The zero-order valence-electron chi connectivity index (χ0n) is 11.1. The summed E-state index contributed by atoms with van der Waals surface area (Å²) in [5, 5.41) is 8.75. The number of thioether (sulfide) groups is 1. The highest BCUT2D eigenvalue weighted by Gasteiger charge is 2.09. The van der Waals surface area contributed by atoms with Crippen LogP contribution in [0.15, 0.2) is 62.9 Å². The van der Waals surface area contributed by atoms with Crippen LogP contribution >= 0.6 is 27.7 Å². The highest BCUT2D eigenvalue weighted by molar-refractivity contribution is 9.10. The minimum Gasteiger partial charge on any atom is -0.411 e. The summed E-state index contributed by atoms with van der Waals surface area (Å²) in [6, 6.07) is 11.8. The van der Waals surface area contributed by atoms with Crippen LogP contribution in [0.1, 0.15) is 5.56 Å². The molecule has 1 aromatic carbocycles. The minimum absolute atomic E-state index is 0.544. The first-order chi connectivity index (χ1) is 10.3. The number of halogens is 1. The van der Waals surface area contributed by atoms with Gasteiger partial charge in [0.05, 0.1) is 0 Å². The summed E-state index contributed by atoms with van der Waals surface area (Å²) in [7, 11) is 0. The van der Waals surface area contributed by atoms with E-state index < -0.39 is 0 Å². The van der Waals surface area contributed by atoms with E-state index in [2.05, 4.69) is 31.1 Å². The molecule has 0 amide bonds. The lowest BCUT2D eigenvalue weighted by Crippen LogP contribution is -1.88. The molecule has 2 aromatic heterocycles. The van der Waals surface area contributed by atoms with Gasteiger partial charge in [0.1, 0.15) is 0 Å². The van der Waals surface area contributed by atoms with Crippen molar-refractivity contribution in [1.82, 2.24) is 15.2 Å². The third-order valence-electron chi connectivity index (χ3n) is 2.84. The molecule has 6 heteroatoms. The van der Waals surface area contributed by atoms with Crippen molar-refractivity contribution in [3.05, 3.63) is 58.8 Å². The van der Waals surface area contributed by atoms with E-state index in [1.54, 1.807) is 24.2 Å². The summed E-state index contributed by atoms with van der Waals surface area (Å²) < 4.78 is 6.66. The summed E-state index contributed by atoms with van der Waals surface area (Å²) in [6.07, 6.45) is 4.55. The molecule has 0 saturated heterocycles. The quantitative estimate of drug-likeness (QED) is 0.636. The molecule has 0 radical (unpaired) electrons. The van der Waals surface area contributed by atoms with E-state index in [1.165, 1.54) is 5.56 Å². The molecule has 0 bridgehead atoms. The molecular formula is C15H12BrN3OS. The molecule has 0 spiro atoms. The van der Waals surface area contributed by atoms with Crippen LogP contribution in [0, 0.1) is 0 Å². The van der Waals surface area contributed by atoms with Gasteiger partial charge in [-0.15, -0.1) is 10.2 Å². The standard InChI is InChI=1S/C15H12BrN3OS/c16-13-3-1-2-12(10-13)14-18-19-15(20-14)21-9-6-11-4-7-17-8-5-11/h1-5,7-8,10H,6,9H2. The van der Waals surface area contributed by atoms with Crippen molar-refractivity contribution < 1.29 is 4.42 Å². The number of aryl methyl sites for hydroxylation is 1. The topological polar surface area (TPSA) is 51.8 Å². The Balaban J connectivity index is 1.60. The highest BCUT2D eigenvalue weighted by atomic mass is 79.9. The van der Waals surface area contributed by atoms with Crippen molar-refractivity contribution in [1.29, 1.82) is 0 Å². The van der Waals surface area contributed by atoms with E-state index in [9.17, 15) is 0 Å². The number of hydrogen-bond acceptors (Lipinski definition) is 5. The first kappa shape index (κ1) is 14.3. The molecule has 0 unspecified atom stereocenters. The van der Waals surface area contributed by atoms with E-state index in [-0.39, 0.29) is 0 Å². The monoisotopic (exact) mass is 361 g/mol.